The minimum Gasteiger partial charge on any atom is -0.346 e. The molecule has 3 aromatic heterocycles. The monoisotopic (exact) mass is 451 g/mol. The summed E-state index contributed by atoms with van der Waals surface area (Å²) in [7, 11) is 1.78. The molecular weight excluding hydrogens is 421 g/mol. The number of anilines is 1. The van der Waals surface area contributed by atoms with Crippen LogP contribution in [-0.4, -0.2) is 42.6 Å². The molecule has 1 unspecified atom stereocenters. The third kappa shape index (κ3) is 4.44. The van der Waals surface area contributed by atoms with Crippen molar-refractivity contribution in [2.24, 2.45) is 7.05 Å². The number of halogens is 1. The summed E-state index contributed by atoms with van der Waals surface area (Å²) in [6.07, 6.45) is 5.73. The van der Waals surface area contributed by atoms with Gasteiger partial charge in [-0.25, -0.2) is 18.9 Å². The molecule has 2 atom stereocenters. The van der Waals surface area contributed by atoms with E-state index in [4.69, 9.17) is 5.10 Å². The van der Waals surface area contributed by atoms with E-state index in [1.807, 2.05) is 39.0 Å². The molecule has 0 spiro atoms. The van der Waals surface area contributed by atoms with Gasteiger partial charge in [-0.3, -0.25) is 4.79 Å². The summed E-state index contributed by atoms with van der Waals surface area (Å²) in [6.45, 7) is 6.49. The van der Waals surface area contributed by atoms with Crippen molar-refractivity contribution in [3.8, 4) is 0 Å². The van der Waals surface area contributed by atoms with E-state index in [9.17, 15) is 9.18 Å². The third-order valence-corrected chi connectivity index (χ3v) is 5.71. The largest absolute Gasteiger partial charge is 0.346 e. The SMILES string of the molecule is CC.Cc1cnc2ccc(N3CC(NC(=O)c4nccn4C)C[C@@H]3c3cccc(F)c3)nn12.[HH]. The highest BCUT2D eigenvalue weighted by Gasteiger charge is 2.35. The maximum atomic E-state index is 14.0. The Balaban J connectivity index is 0.00000105. The summed E-state index contributed by atoms with van der Waals surface area (Å²) in [5.74, 6) is 0.587. The first-order valence-corrected chi connectivity index (χ1v) is 11.1. The number of amides is 1. The van der Waals surface area contributed by atoms with Gasteiger partial charge in [-0.15, -0.1) is 5.10 Å². The summed E-state index contributed by atoms with van der Waals surface area (Å²) in [6, 6.07) is 10.2. The van der Waals surface area contributed by atoms with Crippen LogP contribution >= 0.6 is 0 Å². The molecule has 5 rings (SSSR count). The lowest BCUT2D eigenvalue weighted by Gasteiger charge is -2.26. The van der Waals surface area contributed by atoms with E-state index >= 15 is 0 Å². The van der Waals surface area contributed by atoms with Crippen LogP contribution < -0.4 is 10.2 Å². The Hall–Kier alpha value is -3.75. The highest BCUT2D eigenvalue weighted by Crippen LogP contribution is 2.36. The number of carbonyl (C=O) groups is 1. The molecule has 1 N–H and O–H groups in total. The van der Waals surface area contributed by atoms with Crippen molar-refractivity contribution in [1.82, 2.24) is 29.5 Å². The highest BCUT2D eigenvalue weighted by molar-refractivity contribution is 5.91. The fourth-order valence-electron chi connectivity index (χ4n) is 4.19. The molecule has 1 aliphatic rings. The molecule has 1 fully saturated rings. The number of benzene rings is 1. The lowest BCUT2D eigenvalue weighted by Crippen LogP contribution is -2.38. The normalized spacial score (nSPS) is 17.7. The first kappa shape index (κ1) is 22.4. The smallest absolute Gasteiger partial charge is 0.287 e. The number of carbonyl (C=O) groups excluding carboxylic acids is 1. The van der Waals surface area contributed by atoms with Gasteiger partial charge in [0, 0.05) is 33.5 Å². The van der Waals surface area contributed by atoms with Gasteiger partial charge in [-0.05, 0) is 43.2 Å². The van der Waals surface area contributed by atoms with Crippen molar-refractivity contribution >= 4 is 17.4 Å². The Morgan fingerprint density at radius 2 is 2.03 bits per heavy atom. The highest BCUT2D eigenvalue weighted by atomic mass is 19.1. The van der Waals surface area contributed by atoms with Crippen molar-refractivity contribution < 1.29 is 10.6 Å². The summed E-state index contributed by atoms with van der Waals surface area (Å²) < 4.78 is 17.5. The molecule has 174 valence electrons. The number of nitrogens with one attached hydrogen (secondary N) is 1. The van der Waals surface area contributed by atoms with Crippen LogP contribution in [0.3, 0.4) is 0 Å². The van der Waals surface area contributed by atoms with Gasteiger partial charge < -0.3 is 14.8 Å². The molecule has 8 nitrogen and oxygen atoms in total. The van der Waals surface area contributed by atoms with Crippen molar-refractivity contribution in [3.63, 3.8) is 0 Å². The number of fused-ring (bicyclic) bond motifs is 1. The Morgan fingerprint density at radius 1 is 1.21 bits per heavy atom. The van der Waals surface area contributed by atoms with Crippen LogP contribution in [0.25, 0.3) is 5.65 Å². The minimum absolute atomic E-state index is 0. The third-order valence-electron chi connectivity index (χ3n) is 5.71. The molecule has 0 aliphatic carbocycles. The molecule has 33 heavy (non-hydrogen) atoms. The van der Waals surface area contributed by atoms with Crippen molar-refractivity contribution in [2.45, 2.75) is 39.3 Å². The van der Waals surface area contributed by atoms with E-state index in [1.165, 1.54) is 6.07 Å². The van der Waals surface area contributed by atoms with Crippen LogP contribution in [-0.2, 0) is 7.05 Å². The van der Waals surface area contributed by atoms with Gasteiger partial charge in [0.15, 0.2) is 11.5 Å². The summed E-state index contributed by atoms with van der Waals surface area (Å²) >= 11 is 0. The fraction of sp³-hybridized carbons (Fsp3) is 0.333. The molecule has 9 heteroatoms. The molecule has 1 saturated heterocycles. The number of hydrogen-bond acceptors (Lipinski definition) is 5. The zero-order valence-electron chi connectivity index (χ0n) is 19.2. The van der Waals surface area contributed by atoms with Gasteiger partial charge in [0.05, 0.1) is 17.9 Å². The van der Waals surface area contributed by atoms with Crippen LogP contribution in [0, 0.1) is 12.7 Å². The Morgan fingerprint density at radius 3 is 2.76 bits per heavy atom. The van der Waals surface area contributed by atoms with Crippen LogP contribution in [0.5, 0.6) is 0 Å². The number of nitrogens with zero attached hydrogens (tertiary/aromatic N) is 6. The lowest BCUT2D eigenvalue weighted by molar-refractivity contribution is 0.0926. The van der Waals surface area contributed by atoms with Gasteiger partial charge in [0.2, 0.25) is 0 Å². The van der Waals surface area contributed by atoms with Crippen LogP contribution in [0.1, 0.15) is 49.6 Å². The van der Waals surface area contributed by atoms with Gasteiger partial charge in [0.1, 0.15) is 11.6 Å². The summed E-state index contributed by atoms with van der Waals surface area (Å²) in [4.78, 5) is 23.3. The van der Waals surface area contributed by atoms with E-state index in [0.717, 1.165) is 22.7 Å². The predicted molar refractivity (Wildman–Crippen MR) is 127 cm³/mol. The quantitative estimate of drug-likeness (QED) is 0.509. The maximum Gasteiger partial charge on any atom is 0.287 e. The summed E-state index contributed by atoms with van der Waals surface area (Å²) in [5, 5.41) is 7.82. The summed E-state index contributed by atoms with van der Waals surface area (Å²) in [5.41, 5.74) is 2.54. The first-order chi connectivity index (χ1) is 16.0. The molecule has 0 radical (unpaired) electrons. The number of imidazole rings is 2. The zero-order chi connectivity index (χ0) is 23.5. The van der Waals surface area contributed by atoms with E-state index in [0.29, 0.717) is 18.8 Å². The molecule has 4 aromatic rings. The molecule has 0 bridgehead atoms. The number of aromatic nitrogens is 5. The molecule has 0 saturated carbocycles. The second kappa shape index (κ2) is 9.40. The Labute approximate surface area is 193 Å². The zero-order valence-corrected chi connectivity index (χ0v) is 19.2. The van der Waals surface area contributed by atoms with Crippen molar-refractivity contribution in [1.29, 1.82) is 0 Å². The Kier molecular flexibility index (Phi) is 6.39. The maximum absolute atomic E-state index is 14.0. The molecule has 1 amide bonds. The van der Waals surface area contributed by atoms with Crippen LogP contribution in [0.15, 0.2) is 55.0 Å². The van der Waals surface area contributed by atoms with Crippen molar-refractivity contribution in [2.75, 3.05) is 11.4 Å². The second-order valence-corrected chi connectivity index (χ2v) is 7.85. The number of hydrogen-bond donors (Lipinski definition) is 1. The van der Waals surface area contributed by atoms with Crippen LogP contribution in [0.4, 0.5) is 10.2 Å². The van der Waals surface area contributed by atoms with E-state index in [-0.39, 0.29) is 25.2 Å². The second-order valence-electron chi connectivity index (χ2n) is 7.85. The first-order valence-electron chi connectivity index (χ1n) is 11.1. The molecular formula is C24H30FN7O. The van der Waals surface area contributed by atoms with Crippen LogP contribution in [0.2, 0.25) is 0 Å². The molecule has 1 aliphatic heterocycles. The standard InChI is InChI=1S/C22H22FN7O.C2H6.H2/c1-14-12-25-19-6-7-20(27-30(14)19)29-13-17(26-22(31)21-24-8-9-28(21)2)11-18(29)15-4-3-5-16(23)10-15;1-2;/h3-10,12,17-18H,11,13H2,1-2H3,(H,26,31);1-2H3;1H/t17?,18-;;/m1../s1. The molecule has 1 aromatic carbocycles. The molecule has 4 heterocycles. The van der Waals surface area contributed by atoms with Crippen molar-refractivity contribution in [3.05, 3.63) is 77.9 Å². The van der Waals surface area contributed by atoms with E-state index < -0.39 is 0 Å². The number of rotatable bonds is 4. The van der Waals surface area contributed by atoms with E-state index in [2.05, 4.69) is 20.2 Å². The van der Waals surface area contributed by atoms with Gasteiger partial charge in [0.25, 0.3) is 5.91 Å². The fourth-order valence-corrected chi connectivity index (χ4v) is 4.19. The van der Waals surface area contributed by atoms with Gasteiger partial charge in [-0.1, -0.05) is 26.0 Å². The van der Waals surface area contributed by atoms with Gasteiger partial charge >= 0.3 is 0 Å². The average Bonchev–Trinajstić information content (AvgIpc) is 3.54. The van der Waals surface area contributed by atoms with E-state index in [1.54, 1.807) is 46.9 Å². The topological polar surface area (TPSA) is 80.3 Å². The Bertz CT molecular complexity index is 1270. The van der Waals surface area contributed by atoms with Gasteiger partial charge in [-0.2, -0.15) is 0 Å². The average molecular weight is 452 g/mol. The lowest BCUT2D eigenvalue weighted by atomic mass is 10.0. The minimum atomic E-state index is -0.285. The predicted octanol–water partition coefficient (Wildman–Crippen LogP) is 3.93. The number of aryl methyl sites for hydroxylation is 2.